The average molecular weight is 343 g/mol. The number of hydrogen-bond acceptors (Lipinski definition) is 4. The highest BCUT2D eigenvalue weighted by Gasteiger charge is 2.26. The van der Waals surface area contributed by atoms with Crippen molar-refractivity contribution in [2.24, 2.45) is 5.92 Å². The zero-order chi connectivity index (χ0) is 17.8. The first-order chi connectivity index (χ1) is 12.0. The maximum absolute atomic E-state index is 12.2. The van der Waals surface area contributed by atoms with E-state index in [1.807, 2.05) is 6.07 Å². The Hall–Kier alpha value is -2.70. The summed E-state index contributed by atoms with van der Waals surface area (Å²) >= 11 is 0. The molecule has 1 aliphatic rings. The van der Waals surface area contributed by atoms with Crippen LogP contribution in [0.5, 0.6) is 0 Å². The van der Waals surface area contributed by atoms with Gasteiger partial charge in [0.15, 0.2) is 0 Å². The molecule has 1 aromatic heterocycles. The van der Waals surface area contributed by atoms with Crippen LogP contribution in [0.4, 0.5) is 0 Å². The summed E-state index contributed by atoms with van der Waals surface area (Å²) in [5.41, 5.74) is 0.492. The molecule has 0 unspecified atom stereocenters. The van der Waals surface area contributed by atoms with Crippen molar-refractivity contribution >= 4 is 22.8 Å². The molecule has 2 aromatic rings. The highest BCUT2D eigenvalue weighted by Crippen LogP contribution is 2.18. The lowest BCUT2D eigenvalue weighted by molar-refractivity contribution is -0.145. The van der Waals surface area contributed by atoms with Gasteiger partial charge in [0, 0.05) is 25.9 Å². The number of para-hydroxylation sites is 1. The molecular weight excluding hydrogens is 322 g/mol. The van der Waals surface area contributed by atoms with E-state index in [2.05, 4.69) is 9.97 Å². The Kier molecular flexibility index (Phi) is 5.11. The molecule has 1 aromatic carbocycles. The average Bonchev–Trinajstić information content (AvgIpc) is 2.62. The van der Waals surface area contributed by atoms with Crippen LogP contribution in [0.1, 0.15) is 31.5 Å². The van der Waals surface area contributed by atoms with Gasteiger partial charge in [0.1, 0.15) is 5.82 Å². The number of nitrogens with zero attached hydrogens (tertiary/aromatic N) is 2. The number of aromatic amines is 1. The SMILES string of the molecule is O=C(O)C1CCN(C(=O)CCCc2nc3ccccc3c(=O)[nH]2)CC1. The van der Waals surface area contributed by atoms with Gasteiger partial charge in [-0.3, -0.25) is 14.4 Å². The first-order valence-electron chi connectivity index (χ1n) is 8.53. The standard InChI is InChI=1S/C18H21N3O4/c22-16(21-10-8-12(9-11-21)18(24)25)7-3-6-15-19-14-5-2-1-4-13(14)17(23)20-15/h1-2,4-5,12H,3,6-11H2,(H,24,25)(H,19,20,23). The van der Waals surface area contributed by atoms with Gasteiger partial charge in [0.25, 0.3) is 5.56 Å². The molecule has 132 valence electrons. The van der Waals surface area contributed by atoms with E-state index in [1.54, 1.807) is 23.1 Å². The zero-order valence-electron chi connectivity index (χ0n) is 13.9. The van der Waals surface area contributed by atoms with Gasteiger partial charge in [-0.1, -0.05) is 12.1 Å². The Bertz CT molecular complexity index is 838. The van der Waals surface area contributed by atoms with Crippen LogP contribution in [0.3, 0.4) is 0 Å². The number of aryl methyl sites for hydroxylation is 1. The molecule has 1 amide bonds. The number of rotatable bonds is 5. The normalized spacial score (nSPS) is 15.4. The number of carbonyl (C=O) groups excluding carboxylic acids is 1. The number of aromatic nitrogens is 2. The summed E-state index contributed by atoms with van der Waals surface area (Å²) in [6.07, 6.45) is 2.52. The first-order valence-corrected chi connectivity index (χ1v) is 8.53. The Morgan fingerprint density at radius 2 is 1.96 bits per heavy atom. The lowest BCUT2D eigenvalue weighted by Crippen LogP contribution is -2.40. The number of hydrogen-bond donors (Lipinski definition) is 2. The van der Waals surface area contributed by atoms with E-state index in [-0.39, 0.29) is 17.4 Å². The number of likely N-dealkylation sites (tertiary alicyclic amines) is 1. The number of piperidine rings is 1. The summed E-state index contributed by atoms with van der Waals surface area (Å²) in [5, 5.41) is 9.55. The molecule has 1 fully saturated rings. The number of nitrogens with one attached hydrogen (secondary N) is 1. The van der Waals surface area contributed by atoms with E-state index < -0.39 is 5.97 Å². The molecule has 0 radical (unpaired) electrons. The van der Waals surface area contributed by atoms with Gasteiger partial charge in [0.05, 0.1) is 16.8 Å². The van der Waals surface area contributed by atoms with E-state index in [1.165, 1.54) is 0 Å². The minimum Gasteiger partial charge on any atom is -0.481 e. The van der Waals surface area contributed by atoms with E-state index in [4.69, 9.17) is 5.11 Å². The predicted octanol–water partition coefficient (Wildman–Crippen LogP) is 1.57. The maximum Gasteiger partial charge on any atom is 0.306 e. The van der Waals surface area contributed by atoms with Crippen LogP contribution < -0.4 is 5.56 Å². The lowest BCUT2D eigenvalue weighted by Gasteiger charge is -2.30. The van der Waals surface area contributed by atoms with Gasteiger partial charge in [-0.05, 0) is 31.4 Å². The third kappa shape index (κ3) is 4.04. The molecule has 0 aliphatic carbocycles. The van der Waals surface area contributed by atoms with Crippen molar-refractivity contribution in [3.63, 3.8) is 0 Å². The van der Waals surface area contributed by atoms with E-state index in [0.29, 0.717) is 61.9 Å². The number of carbonyl (C=O) groups is 2. The smallest absolute Gasteiger partial charge is 0.306 e. The van der Waals surface area contributed by atoms with Crippen molar-refractivity contribution in [2.45, 2.75) is 32.1 Å². The number of H-pyrrole nitrogens is 1. The van der Waals surface area contributed by atoms with Gasteiger partial charge < -0.3 is 15.0 Å². The summed E-state index contributed by atoms with van der Waals surface area (Å²) in [6.45, 7) is 1.00. The Morgan fingerprint density at radius 3 is 2.68 bits per heavy atom. The van der Waals surface area contributed by atoms with Gasteiger partial charge in [-0.25, -0.2) is 4.98 Å². The van der Waals surface area contributed by atoms with E-state index >= 15 is 0 Å². The number of carboxylic acids is 1. The first kappa shape index (κ1) is 17.1. The van der Waals surface area contributed by atoms with E-state index in [0.717, 1.165) is 0 Å². The van der Waals surface area contributed by atoms with Crippen molar-refractivity contribution in [2.75, 3.05) is 13.1 Å². The molecular formula is C18H21N3O4. The van der Waals surface area contributed by atoms with Crippen molar-refractivity contribution in [1.82, 2.24) is 14.9 Å². The second-order valence-electron chi connectivity index (χ2n) is 6.38. The Morgan fingerprint density at radius 1 is 1.24 bits per heavy atom. The van der Waals surface area contributed by atoms with Crippen molar-refractivity contribution in [1.29, 1.82) is 0 Å². The van der Waals surface area contributed by atoms with Crippen molar-refractivity contribution < 1.29 is 14.7 Å². The molecule has 2 N–H and O–H groups in total. The van der Waals surface area contributed by atoms with Crippen molar-refractivity contribution in [3.8, 4) is 0 Å². The van der Waals surface area contributed by atoms with Crippen LogP contribution in [0.2, 0.25) is 0 Å². The molecule has 3 rings (SSSR count). The second-order valence-corrected chi connectivity index (χ2v) is 6.38. The summed E-state index contributed by atoms with van der Waals surface area (Å²) in [7, 11) is 0. The summed E-state index contributed by atoms with van der Waals surface area (Å²) in [6, 6.07) is 7.16. The molecule has 25 heavy (non-hydrogen) atoms. The fraction of sp³-hybridized carbons (Fsp3) is 0.444. The van der Waals surface area contributed by atoms with Crippen LogP contribution in [0.25, 0.3) is 10.9 Å². The Balaban J connectivity index is 1.52. The third-order valence-electron chi connectivity index (χ3n) is 4.66. The quantitative estimate of drug-likeness (QED) is 0.858. The number of aliphatic carboxylic acids is 1. The molecule has 1 aliphatic heterocycles. The van der Waals surface area contributed by atoms with Gasteiger partial charge >= 0.3 is 5.97 Å². The van der Waals surface area contributed by atoms with Crippen LogP contribution in [0, 0.1) is 5.92 Å². The fourth-order valence-electron chi connectivity index (χ4n) is 3.19. The Labute approximate surface area is 144 Å². The fourth-order valence-corrected chi connectivity index (χ4v) is 3.19. The molecule has 7 heteroatoms. The molecule has 0 bridgehead atoms. The highest BCUT2D eigenvalue weighted by atomic mass is 16.4. The van der Waals surface area contributed by atoms with Crippen LogP contribution in [-0.2, 0) is 16.0 Å². The minimum absolute atomic E-state index is 0.0342. The number of amides is 1. The predicted molar refractivity (Wildman–Crippen MR) is 92.2 cm³/mol. The molecule has 1 saturated heterocycles. The lowest BCUT2D eigenvalue weighted by atomic mass is 9.97. The number of carboxylic acid groups (broad SMARTS) is 1. The third-order valence-corrected chi connectivity index (χ3v) is 4.66. The molecule has 7 nitrogen and oxygen atoms in total. The van der Waals surface area contributed by atoms with E-state index in [9.17, 15) is 14.4 Å². The second kappa shape index (κ2) is 7.46. The summed E-state index contributed by atoms with van der Waals surface area (Å²) in [5.74, 6) is -0.498. The zero-order valence-corrected chi connectivity index (χ0v) is 13.9. The molecule has 0 atom stereocenters. The van der Waals surface area contributed by atoms with Gasteiger partial charge in [-0.2, -0.15) is 0 Å². The minimum atomic E-state index is -0.779. The highest BCUT2D eigenvalue weighted by molar-refractivity contribution is 5.78. The van der Waals surface area contributed by atoms with Crippen LogP contribution in [0.15, 0.2) is 29.1 Å². The van der Waals surface area contributed by atoms with Gasteiger partial charge in [-0.15, -0.1) is 0 Å². The van der Waals surface area contributed by atoms with Crippen LogP contribution in [-0.4, -0.2) is 44.9 Å². The van der Waals surface area contributed by atoms with Crippen molar-refractivity contribution in [3.05, 3.63) is 40.4 Å². The number of fused-ring (bicyclic) bond motifs is 1. The van der Waals surface area contributed by atoms with Crippen LogP contribution >= 0.6 is 0 Å². The monoisotopic (exact) mass is 343 g/mol. The topological polar surface area (TPSA) is 103 Å². The summed E-state index contributed by atoms with van der Waals surface area (Å²) in [4.78, 5) is 44.1. The summed E-state index contributed by atoms with van der Waals surface area (Å²) < 4.78 is 0. The largest absolute Gasteiger partial charge is 0.481 e. The molecule has 0 saturated carbocycles. The molecule has 2 heterocycles. The maximum atomic E-state index is 12.2. The number of benzene rings is 1. The van der Waals surface area contributed by atoms with Gasteiger partial charge in [0.2, 0.25) is 5.91 Å². The molecule has 0 spiro atoms.